The molecule has 2 saturated heterocycles. The van der Waals surface area contributed by atoms with Gasteiger partial charge < -0.3 is 25.0 Å². The second-order valence-electron chi connectivity index (χ2n) is 10.5. The Kier molecular flexibility index (Phi) is 6.87. The van der Waals surface area contributed by atoms with Crippen molar-refractivity contribution in [3.63, 3.8) is 0 Å². The Bertz CT molecular complexity index is 1190. The van der Waals surface area contributed by atoms with Crippen LogP contribution in [0.5, 0.6) is 5.75 Å². The van der Waals surface area contributed by atoms with Crippen molar-refractivity contribution in [2.45, 2.75) is 50.4 Å². The molecule has 6 nitrogen and oxygen atoms in total. The molecule has 1 aliphatic carbocycles. The van der Waals surface area contributed by atoms with Gasteiger partial charge in [0.05, 0.1) is 18.1 Å². The largest absolute Gasteiger partial charge is 0.490 e. The molecule has 7 heteroatoms. The molecule has 1 aromatic heterocycles. The molecule has 2 aromatic carbocycles. The predicted octanol–water partition coefficient (Wildman–Crippen LogP) is 4.58. The highest BCUT2D eigenvalue weighted by Gasteiger charge is 2.33. The summed E-state index contributed by atoms with van der Waals surface area (Å²) in [5.74, 6) is 0.818. The van der Waals surface area contributed by atoms with Gasteiger partial charge in [-0.25, -0.2) is 0 Å². The quantitative estimate of drug-likeness (QED) is 0.446. The van der Waals surface area contributed by atoms with Gasteiger partial charge >= 0.3 is 0 Å². The number of amides is 1. The summed E-state index contributed by atoms with van der Waals surface area (Å²) < 4.78 is 7.14. The fourth-order valence-electron chi connectivity index (χ4n) is 5.47. The van der Waals surface area contributed by atoms with Crippen LogP contribution in [-0.4, -0.2) is 60.8 Å². The minimum atomic E-state index is -0.761. The summed E-state index contributed by atoms with van der Waals surface area (Å²) in [5, 5.41) is 18.0. The van der Waals surface area contributed by atoms with Gasteiger partial charge in [0.25, 0.3) is 0 Å². The molecule has 2 N–H and O–H groups in total. The summed E-state index contributed by atoms with van der Waals surface area (Å²) >= 11 is 1.75. The van der Waals surface area contributed by atoms with E-state index in [9.17, 15) is 9.90 Å². The average molecular weight is 506 g/mol. The van der Waals surface area contributed by atoms with Gasteiger partial charge in [-0.1, -0.05) is 18.2 Å². The zero-order valence-electron chi connectivity index (χ0n) is 20.6. The van der Waals surface area contributed by atoms with Crippen molar-refractivity contribution in [2.24, 2.45) is 5.92 Å². The van der Waals surface area contributed by atoms with E-state index in [0.717, 1.165) is 50.2 Å². The molecule has 3 atom stereocenters. The van der Waals surface area contributed by atoms with E-state index in [1.807, 2.05) is 24.3 Å². The van der Waals surface area contributed by atoms with Crippen LogP contribution in [0.4, 0.5) is 5.69 Å². The van der Waals surface area contributed by atoms with Crippen LogP contribution < -0.4 is 15.0 Å². The number of hydrogen-bond donors (Lipinski definition) is 2. The highest BCUT2D eigenvalue weighted by Crippen LogP contribution is 2.31. The van der Waals surface area contributed by atoms with Gasteiger partial charge in [-0.3, -0.25) is 4.79 Å². The van der Waals surface area contributed by atoms with Gasteiger partial charge in [-0.2, -0.15) is 0 Å². The number of nitrogens with one attached hydrogen (secondary N) is 1. The molecule has 1 amide bonds. The summed E-state index contributed by atoms with van der Waals surface area (Å²) in [5.41, 5.74) is 2.00. The maximum Gasteiger partial charge on any atom is 0.225 e. The molecule has 1 saturated carbocycles. The van der Waals surface area contributed by atoms with E-state index >= 15 is 0 Å². The first-order valence-electron chi connectivity index (χ1n) is 13.3. The number of anilines is 1. The summed E-state index contributed by atoms with van der Waals surface area (Å²) in [4.78, 5) is 18.1. The van der Waals surface area contributed by atoms with Gasteiger partial charge in [0.1, 0.15) is 11.9 Å². The number of benzene rings is 2. The molecule has 190 valence electrons. The Morgan fingerprint density at radius 2 is 1.86 bits per heavy atom. The molecule has 2 aliphatic heterocycles. The van der Waals surface area contributed by atoms with Crippen molar-refractivity contribution in [3.8, 4) is 5.75 Å². The molecule has 3 fully saturated rings. The first-order valence-corrected chi connectivity index (χ1v) is 14.2. The van der Waals surface area contributed by atoms with Crippen molar-refractivity contribution in [1.29, 1.82) is 0 Å². The van der Waals surface area contributed by atoms with Crippen LogP contribution in [0.3, 0.4) is 0 Å². The zero-order valence-corrected chi connectivity index (χ0v) is 21.5. The number of rotatable bonds is 9. The standard InChI is InChI=1S/C29H35N3O3S/c33-28(21-4-7-24(8-5-21)35-25-9-10-25)26(19-31-13-1-2-14-31)30-29(34)22-11-15-32(18-22)23-6-3-20-12-16-36-27(20)17-23/h3-8,12,16-17,22,25-26,28,33H,1-2,9-11,13-15,18-19H2,(H,30,34). The first-order chi connectivity index (χ1) is 17.6. The van der Waals surface area contributed by atoms with Crippen LogP contribution in [0.1, 0.15) is 43.8 Å². The fourth-order valence-corrected chi connectivity index (χ4v) is 6.29. The molecule has 0 spiro atoms. The van der Waals surface area contributed by atoms with Crippen molar-refractivity contribution in [3.05, 3.63) is 59.5 Å². The number of fused-ring (bicyclic) bond motifs is 1. The maximum absolute atomic E-state index is 13.4. The third-order valence-electron chi connectivity index (χ3n) is 7.78. The van der Waals surface area contributed by atoms with Crippen LogP contribution in [-0.2, 0) is 4.79 Å². The summed E-state index contributed by atoms with van der Waals surface area (Å²) in [6.07, 6.45) is 5.01. The molecule has 3 unspecified atom stereocenters. The number of carbonyl (C=O) groups is 1. The van der Waals surface area contributed by atoms with E-state index in [-0.39, 0.29) is 17.9 Å². The molecule has 3 heterocycles. The van der Waals surface area contributed by atoms with E-state index in [0.29, 0.717) is 19.2 Å². The second kappa shape index (κ2) is 10.4. The number of likely N-dealkylation sites (tertiary alicyclic amines) is 1. The van der Waals surface area contributed by atoms with Gasteiger partial charge in [-0.05, 0) is 91.9 Å². The highest BCUT2D eigenvalue weighted by atomic mass is 32.1. The fraction of sp³-hybridized carbons (Fsp3) is 0.483. The second-order valence-corrected chi connectivity index (χ2v) is 11.5. The van der Waals surface area contributed by atoms with Crippen LogP contribution in [0, 0.1) is 5.92 Å². The third-order valence-corrected chi connectivity index (χ3v) is 8.65. The Labute approximate surface area is 216 Å². The summed E-state index contributed by atoms with van der Waals surface area (Å²) in [6.45, 7) is 4.29. The van der Waals surface area contributed by atoms with Crippen LogP contribution in [0.25, 0.3) is 10.1 Å². The minimum Gasteiger partial charge on any atom is -0.490 e. The van der Waals surface area contributed by atoms with Gasteiger partial charge in [0.15, 0.2) is 0 Å². The lowest BCUT2D eigenvalue weighted by Gasteiger charge is -2.30. The molecular weight excluding hydrogens is 470 g/mol. The molecule has 0 radical (unpaired) electrons. The number of hydrogen-bond acceptors (Lipinski definition) is 6. The minimum absolute atomic E-state index is 0.0478. The van der Waals surface area contributed by atoms with Crippen molar-refractivity contribution >= 4 is 33.0 Å². The number of aliphatic hydroxyl groups excluding tert-OH is 1. The summed E-state index contributed by atoms with van der Waals surface area (Å²) in [7, 11) is 0. The molecule has 36 heavy (non-hydrogen) atoms. The Morgan fingerprint density at radius 3 is 2.64 bits per heavy atom. The Morgan fingerprint density at radius 1 is 1.06 bits per heavy atom. The van der Waals surface area contributed by atoms with E-state index in [1.165, 1.54) is 28.6 Å². The molecule has 0 bridgehead atoms. The highest BCUT2D eigenvalue weighted by molar-refractivity contribution is 7.17. The van der Waals surface area contributed by atoms with Crippen molar-refractivity contribution in [2.75, 3.05) is 37.6 Å². The van der Waals surface area contributed by atoms with Crippen LogP contribution in [0.15, 0.2) is 53.9 Å². The Balaban J connectivity index is 1.12. The lowest BCUT2D eigenvalue weighted by molar-refractivity contribution is -0.126. The normalized spacial score (nSPS) is 22.1. The Hall–Kier alpha value is -2.61. The molecular formula is C29H35N3O3S. The average Bonchev–Trinajstić information content (AvgIpc) is 3.30. The van der Waals surface area contributed by atoms with Gasteiger partial charge in [-0.15, -0.1) is 11.3 Å². The van der Waals surface area contributed by atoms with E-state index in [4.69, 9.17) is 4.74 Å². The number of nitrogens with zero attached hydrogens (tertiary/aromatic N) is 2. The van der Waals surface area contributed by atoms with E-state index in [2.05, 4.69) is 44.8 Å². The number of thiophene rings is 1. The number of aliphatic hydroxyl groups is 1. The maximum atomic E-state index is 13.4. The SMILES string of the molecule is O=C(NC(CN1CCCC1)C(O)c1ccc(OC2CC2)cc1)C1CCN(c2ccc3ccsc3c2)C1. The lowest BCUT2D eigenvalue weighted by Crippen LogP contribution is -2.48. The molecule has 6 rings (SSSR count). The number of carbonyl (C=O) groups excluding carboxylic acids is 1. The first kappa shape index (κ1) is 23.8. The van der Waals surface area contributed by atoms with Gasteiger partial charge in [0, 0.05) is 30.0 Å². The van der Waals surface area contributed by atoms with Crippen LogP contribution in [0.2, 0.25) is 0 Å². The monoisotopic (exact) mass is 505 g/mol. The van der Waals surface area contributed by atoms with Gasteiger partial charge in [0.2, 0.25) is 5.91 Å². The number of ether oxygens (including phenoxy) is 1. The molecule has 3 aromatic rings. The predicted molar refractivity (Wildman–Crippen MR) is 145 cm³/mol. The van der Waals surface area contributed by atoms with Crippen molar-refractivity contribution in [1.82, 2.24) is 10.2 Å². The van der Waals surface area contributed by atoms with Crippen molar-refractivity contribution < 1.29 is 14.6 Å². The summed E-state index contributed by atoms with van der Waals surface area (Å²) in [6, 6.07) is 16.1. The van der Waals surface area contributed by atoms with Crippen LogP contribution >= 0.6 is 11.3 Å². The lowest BCUT2D eigenvalue weighted by atomic mass is 10.00. The van der Waals surface area contributed by atoms with E-state index in [1.54, 1.807) is 11.3 Å². The topological polar surface area (TPSA) is 65.0 Å². The molecule has 3 aliphatic rings. The van der Waals surface area contributed by atoms with E-state index < -0.39 is 6.10 Å². The third kappa shape index (κ3) is 5.38. The smallest absolute Gasteiger partial charge is 0.225 e. The zero-order chi connectivity index (χ0) is 24.5.